The molecule has 1 aromatic carbocycles. The van der Waals surface area contributed by atoms with E-state index in [1.807, 2.05) is 24.4 Å². The molecule has 1 N–H and O–H groups in total. The molecule has 4 rings (SSSR count). The van der Waals surface area contributed by atoms with Gasteiger partial charge in [-0.2, -0.15) is 0 Å². The van der Waals surface area contributed by atoms with Crippen LogP contribution in [-0.4, -0.2) is 16.5 Å². The summed E-state index contributed by atoms with van der Waals surface area (Å²) in [5.41, 5.74) is 3.63. The molecule has 0 spiro atoms. The second-order valence-corrected chi connectivity index (χ2v) is 5.05. The van der Waals surface area contributed by atoms with Crippen LogP contribution in [0.4, 0.5) is 0 Å². The SMILES string of the molecule is c1ccc2c(c1)CC(c1ncc3c(n1)CCNC3)O2. The van der Waals surface area contributed by atoms with Crippen LogP contribution >= 0.6 is 0 Å². The average molecular weight is 253 g/mol. The van der Waals surface area contributed by atoms with E-state index in [1.54, 1.807) is 0 Å². The zero-order valence-corrected chi connectivity index (χ0v) is 10.6. The topological polar surface area (TPSA) is 47.0 Å². The van der Waals surface area contributed by atoms with Gasteiger partial charge in [0.05, 0.1) is 0 Å². The molecule has 1 unspecified atom stereocenters. The van der Waals surface area contributed by atoms with Gasteiger partial charge in [-0.1, -0.05) is 18.2 Å². The van der Waals surface area contributed by atoms with E-state index < -0.39 is 0 Å². The van der Waals surface area contributed by atoms with Crippen LogP contribution in [0.25, 0.3) is 0 Å². The third-order valence-electron chi connectivity index (χ3n) is 3.76. The molecule has 4 nitrogen and oxygen atoms in total. The Morgan fingerprint density at radius 1 is 1.21 bits per heavy atom. The largest absolute Gasteiger partial charge is 0.482 e. The van der Waals surface area contributed by atoms with Gasteiger partial charge in [0.2, 0.25) is 0 Å². The number of para-hydroxylation sites is 1. The molecule has 0 amide bonds. The minimum absolute atomic E-state index is 0.0300. The molecular formula is C15H15N3O. The molecule has 0 radical (unpaired) electrons. The van der Waals surface area contributed by atoms with Crippen molar-refractivity contribution in [1.82, 2.24) is 15.3 Å². The molecule has 2 aromatic rings. The molecule has 3 heterocycles. The number of nitrogens with one attached hydrogen (secondary N) is 1. The predicted octanol–water partition coefficient (Wildman–Crippen LogP) is 1.80. The second kappa shape index (κ2) is 4.31. The molecule has 19 heavy (non-hydrogen) atoms. The van der Waals surface area contributed by atoms with Crippen molar-refractivity contribution in [3.05, 3.63) is 53.1 Å². The van der Waals surface area contributed by atoms with Crippen LogP contribution in [0.2, 0.25) is 0 Å². The van der Waals surface area contributed by atoms with Crippen molar-refractivity contribution in [3.8, 4) is 5.75 Å². The summed E-state index contributed by atoms with van der Waals surface area (Å²) >= 11 is 0. The van der Waals surface area contributed by atoms with Crippen molar-refractivity contribution in [2.45, 2.75) is 25.5 Å². The van der Waals surface area contributed by atoms with E-state index in [4.69, 9.17) is 9.72 Å². The van der Waals surface area contributed by atoms with Crippen LogP contribution in [0, 0.1) is 0 Å². The lowest BCUT2D eigenvalue weighted by molar-refractivity contribution is 0.227. The molecule has 2 aliphatic heterocycles. The highest BCUT2D eigenvalue weighted by Gasteiger charge is 2.27. The van der Waals surface area contributed by atoms with Gasteiger partial charge in [-0.15, -0.1) is 0 Å². The molecule has 0 bridgehead atoms. The first-order chi connectivity index (χ1) is 9.40. The maximum atomic E-state index is 5.94. The first-order valence-electron chi connectivity index (χ1n) is 6.70. The van der Waals surface area contributed by atoms with Gasteiger partial charge < -0.3 is 10.1 Å². The lowest BCUT2D eigenvalue weighted by atomic mass is 10.1. The molecule has 4 heteroatoms. The predicted molar refractivity (Wildman–Crippen MR) is 71.0 cm³/mol. The zero-order chi connectivity index (χ0) is 12.7. The monoisotopic (exact) mass is 253 g/mol. The van der Waals surface area contributed by atoms with Crippen LogP contribution in [0.1, 0.15) is 28.7 Å². The van der Waals surface area contributed by atoms with Crippen molar-refractivity contribution in [1.29, 1.82) is 0 Å². The van der Waals surface area contributed by atoms with Gasteiger partial charge in [0.15, 0.2) is 11.9 Å². The number of fused-ring (bicyclic) bond motifs is 2. The fourth-order valence-corrected chi connectivity index (χ4v) is 2.73. The number of hydrogen-bond donors (Lipinski definition) is 1. The molecule has 2 aliphatic rings. The van der Waals surface area contributed by atoms with Crippen LogP contribution in [-0.2, 0) is 19.4 Å². The Hall–Kier alpha value is -1.94. The van der Waals surface area contributed by atoms with Crippen molar-refractivity contribution in [2.24, 2.45) is 0 Å². The van der Waals surface area contributed by atoms with E-state index in [2.05, 4.69) is 16.4 Å². The van der Waals surface area contributed by atoms with E-state index in [0.717, 1.165) is 37.5 Å². The van der Waals surface area contributed by atoms with Crippen LogP contribution in [0.3, 0.4) is 0 Å². The summed E-state index contributed by atoms with van der Waals surface area (Å²) in [6.45, 7) is 1.87. The second-order valence-electron chi connectivity index (χ2n) is 5.05. The molecule has 0 aliphatic carbocycles. The van der Waals surface area contributed by atoms with E-state index in [9.17, 15) is 0 Å². The van der Waals surface area contributed by atoms with E-state index in [0.29, 0.717) is 0 Å². The minimum Gasteiger partial charge on any atom is -0.482 e. The smallest absolute Gasteiger partial charge is 0.169 e. The van der Waals surface area contributed by atoms with Gasteiger partial charge >= 0.3 is 0 Å². The maximum Gasteiger partial charge on any atom is 0.169 e. The molecule has 1 atom stereocenters. The van der Waals surface area contributed by atoms with Crippen molar-refractivity contribution in [2.75, 3.05) is 6.54 Å². The Bertz CT molecular complexity index is 602. The summed E-state index contributed by atoms with van der Waals surface area (Å²) < 4.78 is 5.94. The molecule has 0 fully saturated rings. The van der Waals surface area contributed by atoms with Gasteiger partial charge in [-0.3, -0.25) is 0 Å². The fourth-order valence-electron chi connectivity index (χ4n) is 2.73. The summed E-state index contributed by atoms with van der Waals surface area (Å²) in [6, 6.07) is 8.17. The lowest BCUT2D eigenvalue weighted by Gasteiger charge is -2.17. The molecule has 96 valence electrons. The normalized spacial score (nSPS) is 20.5. The summed E-state index contributed by atoms with van der Waals surface area (Å²) in [5, 5.41) is 3.33. The van der Waals surface area contributed by atoms with E-state index >= 15 is 0 Å². The third-order valence-corrected chi connectivity index (χ3v) is 3.76. The number of nitrogens with zero attached hydrogens (tertiary/aromatic N) is 2. The zero-order valence-electron chi connectivity index (χ0n) is 10.6. The molecule has 0 saturated carbocycles. The Morgan fingerprint density at radius 3 is 3.11 bits per heavy atom. The Balaban J connectivity index is 1.64. The number of rotatable bonds is 1. The van der Waals surface area contributed by atoms with Crippen molar-refractivity contribution in [3.63, 3.8) is 0 Å². The highest BCUT2D eigenvalue weighted by Crippen LogP contribution is 2.35. The van der Waals surface area contributed by atoms with Gasteiger partial charge in [0.25, 0.3) is 0 Å². The van der Waals surface area contributed by atoms with Gasteiger partial charge in [-0.25, -0.2) is 9.97 Å². The van der Waals surface area contributed by atoms with Crippen molar-refractivity contribution >= 4 is 0 Å². The van der Waals surface area contributed by atoms with Crippen molar-refractivity contribution < 1.29 is 4.74 Å². The van der Waals surface area contributed by atoms with Crippen LogP contribution < -0.4 is 10.1 Å². The summed E-state index contributed by atoms with van der Waals surface area (Å²) in [4.78, 5) is 9.18. The summed E-state index contributed by atoms with van der Waals surface area (Å²) in [7, 11) is 0. The molecule has 0 saturated heterocycles. The number of benzene rings is 1. The van der Waals surface area contributed by atoms with Crippen LogP contribution in [0.5, 0.6) is 5.75 Å². The minimum atomic E-state index is -0.0300. The number of aromatic nitrogens is 2. The fraction of sp³-hybridized carbons (Fsp3) is 0.333. The molecular weight excluding hydrogens is 238 g/mol. The molecule has 1 aromatic heterocycles. The van der Waals surface area contributed by atoms with E-state index in [1.165, 1.54) is 16.8 Å². The quantitative estimate of drug-likeness (QED) is 0.842. The standard InChI is InChI=1S/C15H15N3O/c1-2-4-13-10(3-1)7-14(19-13)15-17-9-11-8-16-6-5-12(11)18-15/h1-4,9,14,16H,5-8H2. The lowest BCUT2D eigenvalue weighted by Crippen LogP contribution is -2.26. The Kier molecular flexibility index (Phi) is 2.48. The van der Waals surface area contributed by atoms with Gasteiger partial charge in [0.1, 0.15) is 5.75 Å². The van der Waals surface area contributed by atoms with Gasteiger partial charge in [-0.05, 0) is 11.6 Å². The van der Waals surface area contributed by atoms with E-state index in [-0.39, 0.29) is 6.10 Å². The number of ether oxygens (including phenoxy) is 1. The summed E-state index contributed by atoms with van der Waals surface area (Å²) in [5.74, 6) is 1.78. The van der Waals surface area contributed by atoms with Gasteiger partial charge in [0, 0.05) is 43.4 Å². The first-order valence-corrected chi connectivity index (χ1v) is 6.70. The number of hydrogen-bond acceptors (Lipinski definition) is 4. The Morgan fingerprint density at radius 2 is 2.16 bits per heavy atom. The third kappa shape index (κ3) is 1.88. The highest BCUT2D eigenvalue weighted by atomic mass is 16.5. The summed E-state index contributed by atoms with van der Waals surface area (Å²) in [6.07, 6.45) is 3.76. The average Bonchev–Trinajstić information content (AvgIpc) is 2.90. The Labute approximate surface area is 111 Å². The maximum absolute atomic E-state index is 5.94. The first kappa shape index (κ1) is 10.9. The highest BCUT2D eigenvalue weighted by molar-refractivity contribution is 5.38. The van der Waals surface area contributed by atoms with Crippen LogP contribution in [0.15, 0.2) is 30.5 Å².